The predicted octanol–water partition coefficient (Wildman–Crippen LogP) is 5.50. The van der Waals surface area contributed by atoms with Crippen molar-refractivity contribution in [2.75, 3.05) is 0 Å². The Kier molecular flexibility index (Phi) is 7.89. The highest BCUT2D eigenvalue weighted by Gasteiger charge is 2.29. The molecule has 0 fully saturated rings. The van der Waals surface area contributed by atoms with Crippen molar-refractivity contribution < 1.29 is 19.8 Å². The minimum atomic E-state index is -0.919. The summed E-state index contributed by atoms with van der Waals surface area (Å²) in [4.78, 5) is 22.8. The van der Waals surface area contributed by atoms with Gasteiger partial charge in [-0.2, -0.15) is 0 Å². The zero-order valence-corrected chi connectivity index (χ0v) is 21.5. The second kappa shape index (κ2) is 11.7. The number of nitrogens with one attached hydrogen (secondary N) is 1. The van der Waals surface area contributed by atoms with Crippen LogP contribution in [0.25, 0.3) is 10.9 Å². The minimum absolute atomic E-state index is 0.0880. The van der Waals surface area contributed by atoms with Gasteiger partial charge < -0.3 is 20.1 Å². The first-order valence-electron chi connectivity index (χ1n) is 13.4. The van der Waals surface area contributed by atoms with E-state index in [0.29, 0.717) is 0 Å². The normalized spacial score (nSPS) is 15.7. The van der Waals surface area contributed by atoms with Gasteiger partial charge >= 0.3 is 5.97 Å². The Labute approximate surface area is 222 Å². The van der Waals surface area contributed by atoms with Gasteiger partial charge in [0.25, 0.3) is 0 Å². The Morgan fingerprint density at radius 3 is 2.42 bits per heavy atom. The monoisotopic (exact) mass is 510 g/mol. The quantitative estimate of drug-likeness (QED) is 0.233. The van der Waals surface area contributed by atoms with Crippen LogP contribution >= 0.6 is 0 Å². The number of amides is 1. The maximum Gasteiger partial charge on any atom is 0.303 e. The lowest BCUT2D eigenvalue weighted by Gasteiger charge is -2.24. The van der Waals surface area contributed by atoms with Crippen LogP contribution in [0.1, 0.15) is 71.3 Å². The molecule has 2 unspecified atom stereocenters. The van der Waals surface area contributed by atoms with Crippen LogP contribution in [-0.4, -0.2) is 27.2 Å². The number of carbonyl (C=O) groups excluding carboxylic acids is 1. The molecular weight excluding hydrogens is 476 g/mol. The Bertz CT molecular complexity index is 1410. The van der Waals surface area contributed by atoms with Gasteiger partial charge in [-0.05, 0) is 72.9 Å². The van der Waals surface area contributed by atoms with E-state index in [1.54, 1.807) is 0 Å². The van der Waals surface area contributed by atoms with Gasteiger partial charge in [0, 0.05) is 35.1 Å². The van der Waals surface area contributed by atoms with Gasteiger partial charge in [0.15, 0.2) is 0 Å². The number of carboxylic acid groups (broad SMARTS) is 1. The molecule has 1 aromatic heterocycles. The molecular formula is C32H34N2O4. The fraction of sp³-hybridized carbons (Fsp3) is 0.312. The van der Waals surface area contributed by atoms with Crippen molar-refractivity contribution in [3.05, 3.63) is 106 Å². The molecule has 2 atom stereocenters. The van der Waals surface area contributed by atoms with Crippen molar-refractivity contribution in [1.82, 2.24) is 9.88 Å². The molecule has 0 saturated carbocycles. The predicted molar refractivity (Wildman–Crippen MR) is 148 cm³/mol. The molecule has 3 N–H and O–H groups in total. The number of rotatable bonds is 11. The van der Waals surface area contributed by atoms with Crippen LogP contribution in [0.4, 0.5) is 0 Å². The van der Waals surface area contributed by atoms with E-state index in [2.05, 4.69) is 46.3 Å². The number of hydrogen-bond acceptors (Lipinski definition) is 3. The van der Waals surface area contributed by atoms with Crippen molar-refractivity contribution >= 4 is 23.3 Å². The molecule has 1 amide bonds. The number of carboxylic acids is 1. The van der Waals surface area contributed by atoms with Crippen LogP contribution in [0.2, 0.25) is 0 Å². The number of aliphatic hydroxyl groups is 1. The fourth-order valence-corrected chi connectivity index (χ4v) is 5.87. The van der Waals surface area contributed by atoms with Gasteiger partial charge in [-0.3, -0.25) is 9.59 Å². The second-order valence-corrected chi connectivity index (χ2v) is 10.2. The second-order valence-electron chi connectivity index (χ2n) is 10.2. The van der Waals surface area contributed by atoms with E-state index in [9.17, 15) is 19.8 Å². The van der Waals surface area contributed by atoms with Crippen molar-refractivity contribution in [2.45, 2.75) is 63.6 Å². The van der Waals surface area contributed by atoms with E-state index < -0.39 is 12.1 Å². The van der Waals surface area contributed by atoms with Gasteiger partial charge in [0.05, 0.1) is 12.1 Å². The third-order valence-corrected chi connectivity index (χ3v) is 7.70. The molecule has 5 rings (SSSR count). The maximum absolute atomic E-state index is 11.5. The first-order chi connectivity index (χ1) is 18.5. The summed E-state index contributed by atoms with van der Waals surface area (Å²) in [5.41, 5.74) is 7.67. The first-order valence-corrected chi connectivity index (χ1v) is 13.4. The number of aryl methyl sites for hydroxylation is 2. The number of aromatic nitrogens is 1. The summed E-state index contributed by atoms with van der Waals surface area (Å²) in [7, 11) is 0. The average molecular weight is 511 g/mol. The number of fused-ring (bicyclic) bond motifs is 3. The van der Waals surface area contributed by atoms with E-state index in [-0.39, 0.29) is 18.9 Å². The van der Waals surface area contributed by atoms with E-state index in [4.69, 9.17) is 0 Å². The summed E-state index contributed by atoms with van der Waals surface area (Å²) in [5.74, 6) is -0.919. The lowest BCUT2D eigenvalue weighted by molar-refractivity contribution is -0.137. The summed E-state index contributed by atoms with van der Waals surface area (Å²) >= 11 is 0. The van der Waals surface area contributed by atoms with E-state index >= 15 is 0 Å². The molecule has 0 spiro atoms. The largest absolute Gasteiger partial charge is 0.481 e. The molecule has 6 heteroatoms. The zero-order valence-electron chi connectivity index (χ0n) is 21.5. The fourth-order valence-electron chi connectivity index (χ4n) is 5.87. The average Bonchev–Trinajstić information content (AvgIpc) is 3.24. The van der Waals surface area contributed by atoms with Crippen LogP contribution in [0.3, 0.4) is 0 Å². The molecule has 1 heterocycles. The summed E-state index contributed by atoms with van der Waals surface area (Å²) in [6, 6.07) is 24.8. The molecule has 3 aromatic carbocycles. The topological polar surface area (TPSA) is 91.6 Å². The van der Waals surface area contributed by atoms with E-state index in [1.165, 1.54) is 16.8 Å². The van der Waals surface area contributed by atoms with Crippen LogP contribution in [-0.2, 0) is 35.4 Å². The zero-order chi connectivity index (χ0) is 26.5. The maximum atomic E-state index is 11.5. The number of aliphatic carboxylic acids is 1. The summed E-state index contributed by atoms with van der Waals surface area (Å²) < 4.78 is 2.37. The highest BCUT2D eigenvalue weighted by atomic mass is 16.4. The molecule has 1 aliphatic carbocycles. The van der Waals surface area contributed by atoms with Gasteiger partial charge in [-0.25, -0.2) is 0 Å². The number of hydrogen-bond donors (Lipinski definition) is 3. The van der Waals surface area contributed by atoms with Crippen molar-refractivity contribution in [3.63, 3.8) is 0 Å². The number of aliphatic hydroxyl groups excluding tert-OH is 1. The minimum Gasteiger partial charge on any atom is -0.481 e. The molecule has 196 valence electrons. The van der Waals surface area contributed by atoms with Crippen molar-refractivity contribution in [1.29, 1.82) is 0 Å². The Hall–Kier alpha value is -3.90. The van der Waals surface area contributed by atoms with Crippen LogP contribution in [0.15, 0.2) is 72.8 Å². The number of nitrogens with zero attached hydrogens (tertiary/aromatic N) is 1. The van der Waals surface area contributed by atoms with Crippen LogP contribution in [0.5, 0.6) is 0 Å². The third-order valence-electron chi connectivity index (χ3n) is 7.70. The van der Waals surface area contributed by atoms with Crippen molar-refractivity contribution in [3.8, 4) is 0 Å². The summed E-state index contributed by atoms with van der Waals surface area (Å²) in [5, 5.41) is 24.5. The van der Waals surface area contributed by atoms with Gasteiger partial charge in [0.1, 0.15) is 0 Å². The number of carbonyl (C=O) groups is 2. The summed E-state index contributed by atoms with van der Waals surface area (Å²) in [6.07, 6.45) is 4.27. The standard InChI is InChI=1S/C32H34N2O4/c35-21-33-27-12-7-13-28-32(27)26-19-25(30(36)16-17-31(37)38)24(15-14-22-8-3-1-4-9-22)18-29(26)34(28)20-23-10-5-2-6-11-23/h1-6,8-11,18-19,21,27,30,36H,7,12-17,20H2,(H,33,35)(H,37,38). The van der Waals surface area contributed by atoms with Crippen molar-refractivity contribution in [2.24, 2.45) is 0 Å². The molecule has 0 radical (unpaired) electrons. The molecule has 0 bridgehead atoms. The van der Waals surface area contributed by atoms with Gasteiger partial charge in [0.2, 0.25) is 6.41 Å². The lowest BCUT2D eigenvalue weighted by Crippen LogP contribution is -2.24. The Balaban J connectivity index is 1.66. The first kappa shape index (κ1) is 25.7. The smallest absolute Gasteiger partial charge is 0.303 e. The molecule has 0 aliphatic heterocycles. The SMILES string of the molecule is O=CNC1CCCc2c1c1cc(C(O)CCC(=O)O)c(CCc3ccccc3)cc1n2Cc1ccccc1. The summed E-state index contributed by atoms with van der Waals surface area (Å²) in [6.45, 7) is 0.722. The molecule has 38 heavy (non-hydrogen) atoms. The lowest BCUT2D eigenvalue weighted by atomic mass is 9.88. The Morgan fingerprint density at radius 1 is 1.03 bits per heavy atom. The van der Waals surface area contributed by atoms with Gasteiger partial charge in [-0.1, -0.05) is 60.7 Å². The molecule has 1 aliphatic rings. The molecule has 6 nitrogen and oxygen atoms in total. The van der Waals surface area contributed by atoms with Crippen LogP contribution in [0, 0.1) is 0 Å². The molecule has 0 saturated heterocycles. The highest BCUT2D eigenvalue weighted by molar-refractivity contribution is 5.88. The highest BCUT2D eigenvalue weighted by Crippen LogP contribution is 2.41. The van der Waals surface area contributed by atoms with E-state index in [0.717, 1.165) is 72.7 Å². The third kappa shape index (κ3) is 5.50. The molecule has 4 aromatic rings. The van der Waals surface area contributed by atoms with E-state index in [1.807, 2.05) is 36.4 Å². The van der Waals surface area contributed by atoms with Gasteiger partial charge in [-0.15, -0.1) is 0 Å². The van der Waals surface area contributed by atoms with Crippen LogP contribution < -0.4 is 5.32 Å². The number of benzene rings is 3. The Morgan fingerprint density at radius 2 is 1.74 bits per heavy atom.